The number of methoxy groups -OCH3 is 2. The van der Waals surface area contributed by atoms with Crippen LogP contribution in [0.1, 0.15) is 27.6 Å². The third-order valence-corrected chi connectivity index (χ3v) is 6.95. The third kappa shape index (κ3) is 6.25. The lowest BCUT2D eigenvalue weighted by molar-refractivity contribution is -0.114. The van der Waals surface area contributed by atoms with E-state index < -0.39 is 34.4 Å². The Morgan fingerprint density at radius 1 is 0.865 bits per heavy atom. The number of carbonyl (C=O) groups is 3. The number of ether oxygens (including phenoxy) is 3. The van der Waals surface area contributed by atoms with Crippen molar-refractivity contribution in [2.75, 3.05) is 37.0 Å². The molecule has 0 fully saturated rings. The van der Waals surface area contributed by atoms with Crippen LogP contribution in [0.3, 0.4) is 0 Å². The van der Waals surface area contributed by atoms with Gasteiger partial charge in [0, 0.05) is 0 Å². The summed E-state index contributed by atoms with van der Waals surface area (Å²) >= 11 is 0. The number of benzene rings is 3. The summed E-state index contributed by atoms with van der Waals surface area (Å²) in [5.74, 6) is -1.97. The molecule has 3 rings (SSSR count). The molecule has 0 aromatic heterocycles. The molecule has 0 saturated carbocycles. The molecule has 37 heavy (non-hydrogen) atoms. The Hall–Kier alpha value is -4.38. The fraction of sp³-hybridized carbons (Fsp3) is 0.192. The molecule has 0 spiro atoms. The summed E-state index contributed by atoms with van der Waals surface area (Å²) in [7, 11) is -1.85. The fourth-order valence-corrected chi connectivity index (χ4v) is 4.91. The highest BCUT2D eigenvalue weighted by Gasteiger charge is 2.30. The molecule has 11 heteroatoms. The molecular formula is C26H26N2O8S. The predicted molar refractivity (Wildman–Crippen MR) is 136 cm³/mol. The minimum absolute atomic E-state index is 0.0305. The number of hydrogen-bond donors (Lipinski definition) is 1. The first-order chi connectivity index (χ1) is 17.7. The lowest BCUT2D eigenvalue weighted by Gasteiger charge is -2.26. The predicted octanol–water partition coefficient (Wildman–Crippen LogP) is 3.49. The number of sulfonamides is 1. The zero-order valence-electron chi connectivity index (χ0n) is 20.5. The van der Waals surface area contributed by atoms with Gasteiger partial charge in [0.05, 0.1) is 48.2 Å². The van der Waals surface area contributed by atoms with Gasteiger partial charge >= 0.3 is 11.9 Å². The van der Waals surface area contributed by atoms with E-state index in [1.54, 1.807) is 43.3 Å². The second-order valence-corrected chi connectivity index (χ2v) is 9.38. The number of anilines is 2. The Morgan fingerprint density at radius 2 is 1.51 bits per heavy atom. The van der Waals surface area contributed by atoms with Crippen molar-refractivity contribution in [1.82, 2.24) is 0 Å². The Bertz CT molecular complexity index is 1390. The van der Waals surface area contributed by atoms with Crippen LogP contribution in [0.25, 0.3) is 0 Å². The smallest absolute Gasteiger partial charge is 0.339 e. The zero-order valence-corrected chi connectivity index (χ0v) is 21.3. The summed E-state index contributed by atoms with van der Waals surface area (Å²) < 4.78 is 43.3. The maximum atomic E-state index is 13.6. The fourth-order valence-electron chi connectivity index (χ4n) is 3.46. The highest BCUT2D eigenvalue weighted by atomic mass is 32.2. The van der Waals surface area contributed by atoms with Gasteiger partial charge in [0.1, 0.15) is 12.3 Å². The maximum Gasteiger partial charge on any atom is 0.339 e. The maximum absolute atomic E-state index is 13.6. The molecule has 1 N–H and O–H groups in total. The van der Waals surface area contributed by atoms with Crippen LogP contribution in [0.15, 0.2) is 77.7 Å². The van der Waals surface area contributed by atoms with Crippen molar-refractivity contribution < 1.29 is 37.0 Å². The topological polar surface area (TPSA) is 128 Å². The molecule has 194 valence electrons. The van der Waals surface area contributed by atoms with Crippen LogP contribution in [0, 0.1) is 0 Å². The van der Waals surface area contributed by atoms with Gasteiger partial charge in [-0.15, -0.1) is 0 Å². The summed E-state index contributed by atoms with van der Waals surface area (Å²) in [6, 6.07) is 18.0. The monoisotopic (exact) mass is 526 g/mol. The van der Waals surface area contributed by atoms with Crippen LogP contribution in [0.5, 0.6) is 5.75 Å². The van der Waals surface area contributed by atoms with Crippen molar-refractivity contribution in [3.05, 3.63) is 83.9 Å². The summed E-state index contributed by atoms with van der Waals surface area (Å²) in [5.41, 5.74) is 0.145. The van der Waals surface area contributed by atoms with Crippen LogP contribution < -0.4 is 14.4 Å². The van der Waals surface area contributed by atoms with E-state index in [4.69, 9.17) is 14.2 Å². The zero-order chi connectivity index (χ0) is 27.0. The number of hydrogen-bond acceptors (Lipinski definition) is 8. The lowest BCUT2D eigenvalue weighted by Crippen LogP contribution is -2.38. The van der Waals surface area contributed by atoms with E-state index in [0.29, 0.717) is 0 Å². The van der Waals surface area contributed by atoms with Gasteiger partial charge in [-0.3, -0.25) is 9.10 Å². The molecule has 10 nitrogen and oxygen atoms in total. The van der Waals surface area contributed by atoms with Crippen molar-refractivity contribution in [2.45, 2.75) is 11.8 Å². The van der Waals surface area contributed by atoms with Crippen molar-refractivity contribution >= 4 is 39.2 Å². The van der Waals surface area contributed by atoms with Crippen LogP contribution in [0.4, 0.5) is 11.4 Å². The third-order valence-electron chi connectivity index (χ3n) is 5.17. The first-order valence-electron chi connectivity index (χ1n) is 11.1. The molecule has 0 aliphatic rings. The van der Waals surface area contributed by atoms with Gasteiger partial charge in [-0.05, 0) is 49.4 Å². The molecule has 0 heterocycles. The average Bonchev–Trinajstić information content (AvgIpc) is 2.91. The van der Waals surface area contributed by atoms with Crippen molar-refractivity contribution in [3.63, 3.8) is 0 Å². The summed E-state index contributed by atoms with van der Waals surface area (Å²) in [5, 5.41) is 2.53. The Labute approximate surface area is 214 Å². The molecule has 0 atom stereocenters. The standard InChI is InChI=1S/C26H26N2O8S/c1-4-36-23-13-9-8-12-22(23)28(37(32,33)19-10-6-5-7-11-19)17-24(29)27-21-16-18(25(30)34-2)14-15-20(21)26(31)35-3/h5-16H,4,17H2,1-3H3,(H,27,29). The highest BCUT2D eigenvalue weighted by Crippen LogP contribution is 2.32. The second kappa shape index (κ2) is 12.0. The van der Waals surface area contributed by atoms with Crippen LogP contribution in [-0.2, 0) is 24.3 Å². The van der Waals surface area contributed by atoms with Crippen LogP contribution >= 0.6 is 0 Å². The first kappa shape index (κ1) is 27.2. The number of carbonyl (C=O) groups excluding carboxylic acids is 3. The van der Waals surface area contributed by atoms with E-state index in [-0.39, 0.29) is 39.8 Å². The summed E-state index contributed by atoms with van der Waals surface area (Å²) in [6.45, 7) is 1.36. The molecule has 0 saturated heterocycles. The summed E-state index contributed by atoms with van der Waals surface area (Å²) in [4.78, 5) is 37.5. The molecular weight excluding hydrogens is 500 g/mol. The first-order valence-corrected chi connectivity index (χ1v) is 12.6. The molecule has 0 aliphatic heterocycles. The van der Waals surface area contributed by atoms with E-state index >= 15 is 0 Å². The average molecular weight is 527 g/mol. The number of para-hydroxylation sites is 2. The van der Waals surface area contributed by atoms with Gasteiger partial charge in [-0.1, -0.05) is 30.3 Å². The minimum atomic E-state index is -4.21. The molecule has 0 aliphatic carbocycles. The molecule has 0 radical (unpaired) electrons. The SMILES string of the molecule is CCOc1ccccc1N(CC(=O)Nc1cc(C(=O)OC)ccc1C(=O)OC)S(=O)(=O)c1ccccc1. The van der Waals surface area contributed by atoms with Gasteiger partial charge in [-0.2, -0.15) is 0 Å². The van der Waals surface area contributed by atoms with Gasteiger partial charge < -0.3 is 19.5 Å². The van der Waals surface area contributed by atoms with E-state index in [2.05, 4.69) is 5.32 Å². The quantitative estimate of drug-likeness (QED) is 0.398. The molecule has 0 bridgehead atoms. The van der Waals surface area contributed by atoms with Gasteiger partial charge in [0.25, 0.3) is 10.0 Å². The number of nitrogens with zero attached hydrogens (tertiary/aromatic N) is 1. The Kier molecular flexibility index (Phi) is 8.86. The molecule has 1 amide bonds. The van der Waals surface area contributed by atoms with Gasteiger partial charge in [0.15, 0.2) is 0 Å². The van der Waals surface area contributed by atoms with Gasteiger partial charge in [-0.25, -0.2) is 18.0 Å². The van der Waals surface area contributed by atoms with Crippen LogP contribution in [-0.4, -0.2) is 53.6 Å². The number of nitrogens with one attached hydrogen (secondary N) is 1. The normalized spacial score (nSPS) is 10.8. The lowest BCUT2D eigenvalue weighted by atomic mass is 10.1. The summed E-state index contributed by atoms with van der Waals surface area (Å²) in [6.07, 6.45) is 0. The molecule has 0 unspecified atom stereocenters. The number of amides is 1. The van der Waals surface area contributed by atoms with E-state index in [9.17, 15) is 22.8 Å². The Morgan fingerprint density at radius 3 is 2.16 bits per heavy atom. The Balaban J connectivity index is 2.04. The molecule has 3 aromatic rings. The minimum Gasteiger partial charge on any atom is -0.492 e. The van der Waals surface area contributed by atoms with E-state index in [1.807, 2.05) is 0 Å². The van der Waals surface area contributed by atoms with Crippen molar-refractivity contribution in [2.24, 2.45) is 0 Å². The van der Waals surface area contributed by atoms with Crippen molar-refractivity contribution in [1.29, 1.82) is 0 Å². The highest BCUT2D eigenvalue weighted by molar-refractivity contribution is 7.92. The van der Waals surface area contributed by atoms with Crippen LogP contribution in [0.2, 0.25) is 0 Å². The van der Waals surface area contributed by atoms with Crippen molar-refractivity contribution in [3.8, 4) is 5.75 Å². The largest absolute Gasteiger partial charge is 0.492 e. The number of esters is 2. The second-order valence-electron chi connectivity index (χ2n) is 7.52. The van der Waals surface area contributed by atoms with E-state index in [0.717, 1.165) is 4.31 Å². The van der Waals surface area contributed by atoms with E-state index in [1.165, 1.54) is 50.6 Å². The van der Waals surface area contributed by atoms with Gasteiger partial charge in [0.2, 0.25) is 5.91 Å². The molecule has 3 aromatic carbocycles. The number of rotatable bonds is 10.